The first-order valence-corrected chi connectivity index (χ1v) is 7.89. The number of aromatic nitrogens is 1. The number of nitrogens with two attached hydrogens (primary N) is 1. The molecule has 0 spiro atoms. The summed E-state index contributed by atoms with van der Waals surface area (Å²) >= 11 is 0. The van der Waals surface area contributed by atoms with Crippen molar-refractivity contribution < 1.29 is 9.57 Å². The number of hydrogen-bond acceptors (Lipinski definition) is 5. The molecule has 0 saturated heterocycles. The Hall–Kier alpha value is -3.85. The molecule has 0 atom stereocenters. The van der Waals surface area contributed by atoms with E-state index in [1.54, 1.807) is 36.5 Å². The van der Waals surface area contributed by atoms with E-state index in [-0.39, 0.29) is 12.4 Å². The summed E-state index contributed by atoms with van der Waals surface area (Å²) in [5.41, 5.74) is 7.82. The molecule has 3 rings (SSSR count). The number of amidine groups is 1. The number of nitriles is 1. The third-order valence-electron chi connectivity index (χ3n) is 3.53. The van der Waals surface area contributed by atoms with Gasteiger partial charge in [-0.2, -0.15) is 5.26 Å². The van der Waals surface area contributed by atoms with Gasteiger partial charge in [-0.1, -0.05) is 41.6 Å². The summed E-state index contributed by atoms with van der Waals surface area (Å²) < 4.78 is 5.76. The maximum atomic E-state index is 9.09. The van der Waals surface area contributed by atoms with E-state index in [0.717, 1.165) is 5.56 Å². The molecular weight excluding hydrogens is 328 g/mol. The summed E-state index contributed by atoms with van der Waals surface area (Å²) in [6.45, 7) is 0.138. The van der Waals surface area contributed by atoms with Crippen molar-refractivity contribution in [2.45, 2.75) is 6.61 Å². The van der Waals surface area contributed by atoms with Gasteiger partial charge in [0, 0.05) is 11.8 Å². The number of pyridine rings is 1. The highest BCUT2D eigenvalue weighted by molar-refractivity contribution is 5.99. The lowest BCUT2D eigenvalue weighted by Gasteiger charge is -2.09. The van der Waals surface area contributed by atoms with E-state index in [1.807, 2.05) is 36.4 Å². The van der Waals surface area contributed by atoms with Crippen LogP contribution >= 0.6 is 0 Å². The van der Waals surface area contributed by atoms with Crippen LogP contribution in [0.1, 0.15) is 16.7 Å². The van der Waals surface area contributed by atoms with Gasteiger partial charge in [0.05, 0.1) is 17.2 Å². The van der Waals surface area contributed by atoms with Crippen LogP contribution in [-0.2, 0) is 11.4 Å². The standard InChI is InChI=1S/C20H16N4O2/c21-13-15-7-4-5-8-16(15)14-25-24-19(22)18-11-6-12-23-20(18)26-17-9-2-1-3-10-17/h1-12H,14H2,(H2,22,24). The average Bonchev–Trinajstić information content (AvgIpc) is 2.69. The van der Waals surface area contributed by atoms with E-state index < -0.39 is 0 Å². The Labute approximate surface area is 151 Å². The Morgan fingerprint density at radius 1 is 1.04 bits per heavy atom. The van der Waals surface area contributed by atoms with E-state index in [9.17, 15) is 0 Å². The first-order valence-electron chi connectivity index (χ1n) is 7.89. The van der Waals surface area contributed by atoms with Crippen molar-refractivity contribution in [2.24, 2.45) is 10.9 Å². The van der Waals surface area contributed by atoms with Crippen LogP contribution < -0.4 is 10.5 Å². The lowest BCUT2D eigenvalue weighted by Crippen LogP contribution is -2.15. The lowest BCUT2D eigenvalue weighted by atomic mass is 10.1. The van der Waals surface area contributed by atoms with Gasteiger partial charge in [0.1, 0.15) is 12.4 Å². The van der Waals surface area contributed by atoms with Gasteiger partial charge in [0.2, 0.25) is 5.88 Å². The molecule has 128 valence electrons. The van der Waals surface area contributed by atoms with Gasteiger partial charge < -0.3 is 15.3 Å². The summed E-state index contributed by atoms with van der Waals surface area (Å²) in [7, 11) is 0. The molecule has 0 amide bonds. The number of ether oxygens (including phenoxy) is 1. The second-order valence-electron chi connectivity index (χ2n) is 5.29. The van der Waals surface area contributed by atoms with Crippen molar-refractivity contribution in [3.8, 4) is 17.7 Å². The van der Waals surface area contributed by atoms with Gasteiger partial charge in [-0.15, -0.1) is 0 Å². The minimum absolute atomic E-state index is 0.137. The molecule has 0 aliphatic heterocycles. The van der Waals surface area contributed by atoms with E-state index in [4.69, 9.17) is 20.6 Å². The Morgan fingerprint density at radius 2 is 1.81 bits per heavy atom. The molecule has 0 saturated carbocycles. The smallest absolute Gasteiger partial charge is 0.230 e. The van der Waals surface area contributed by atoms with Crippen molar-refractivity contribution in [3.63, 3.8) is 0 Å². The maximum Gasteiger partial charge on any atom is 0.230 e. The quantitative estimate of drug-likeness (QED) is 0.419. The minimum atomic E-state index is 0.137. The van der Waals surface area contributed by atoms with Crippen LogP contribution in [0, 0.1) is 11.3 Å². The van der Waals surface area contributed by atoms with Crippen molar-refractivity contribution in [1.82, 2.24) is 4.98 Å². The zero-order valence-corrected chi connectivity index (χ0v) is 13.9. The topological polar surface area (TPSA) is 93.5 Å². The number of benzene rings is 2. The summed E-state index contributed by atoms with van der Waals surface area (Å²) in [5, 5.41) is 13.0. The Kier molecular flexibility index (Phi) is 5.43. The van der Waals surface area contributed by atoms with E-state index in [2.05, 4.69) is 16.2 Å². The highest BCUT2D eigenvalue weighted by Crippen LogP contribution is 2.22. The number of hydrogen-bond donors (Lipinski definition) is 1. The van der Waals surface area contributed by atoms with E-state index >= 15 is 0 Å². The summed E-state index contributed by atoms with van der Waals surface area (Å²) in [6, 6.07) is 22.0. The summed E-state index contributed by atoms with van der Waals surface area (Å²) in [6.07, 6.45) is 1.61. The fourth-order valence-corrected chi connectivity index (χ4v) is 2.24. The van der Waals surface area contributed by atoms with Crippen LogP contribution in [0.4, 0.5) is 0 Å². The Balaban J connectivity index is 1.74. The normalized spacial score (nSPS) is 10.8. The van der Waals surface area contributed by atoms with Gasteiger partial charge in [-0.05, 0) is 30.3 Å². The summed E-state index contributed by atoms with van der Waals surface area (Å²) in [4.78, 5) is 9.52. The molecule has 0 aliphatic rings. The largest absolute Gasteiger partial charge is 0.438 e. The van der Waals surface area contributed by atoms with Gasteiger partial charge in [0.15, 0.2) is 5.84 Å². The second-order valence-corrected chi connectivity index (χ2v) is 5.29. The third-order valence-corrected chi connectivity index (χ3v) is 3.53. The molecule has 2 aromatic carbocycles. The van der Waals surface area contributed by atoms with Crippen molar-refractivity contribution in [1.29, 1.82) is 5.26 Å². The van der Waals surface area contributed by atoms with Gasteiger partial charge in [-0.3, -0.25) is 0 Å². The number of oxime groups is 1. The predicted molar refractivity (Wildman–Crippen MR) is 97.4 cm³/mol. The molecule has 0 aliphatic carbocycles. The van der Waals surface area contributed by atoms with Crippen LogP contribution in [0.25, 0.3) is 0 Å². The number of para-hydroxylation sites is 1. The Morgan fingerprint density at radius 3 is 2.62 bits per heavy atom. The average molecular weight is 344 g/mol. The second kappa shape index (κ2) is 8.31. The van der Waals surface area contributed by atoms with Crippen LogP contribution in [-0.4, -0.2) is 10.8 Å². The van der Waals surface area contributed by atoms with Gasteiger partial charge in [-0.25, -0.2) is 4.98 Å². The van der Waals surface area contributed by atoms with Crippen molar-refractivity contribution >= 4 is 5.84 Å². The number of nitrogens with zero attached hydrogens (tertiary/aromatic N) is 3. The molecule has 0 unspecified atom stereocenters. The van der Waals surface area contributed by atoms with E-state index in [0.29, 0.717) is 22.8 Å². The minimum Gasteiger partial charge on any atom is -0.438 e. The first-order chi connectivity index (χ1) is 12.8. The van der Waals surface area contributed by atoms with Crippen LogP contribution in [0.15, 0.2) is 78.1 Å². The highest BCUT2D eigenvalue weighted by Gasteiger charge is 2.10. The lowest BCUT2D eigenvalue weighted by molar-refractivity contribution is 0.130. The monoisotopic (exact) mass is 344 g/mol. The SMILES string of the molecule is N#Cc1ccccc1CO/N=C(/N)c1cccnc1Oc1ccccc1. The van der Waals surface area contributed by atoms with Crippen molar-refractivity contribution in [3.05, 3.63) is 89.6 Å². The first kappa shape index (κ1) is 17.0. The zero-order valence-electron chi connectivity index (χ0n) is 13.9. The Bertz CT molecular complexity index is 949. The maximum absolute atomic E-state index is 9.09. The van der Waals surface area contributed by atoms with Crippen LogP contribution in [0.3, 0.4) is 0 Å². The van der Waals surface area contributed by atoms with Gasteiger partial charge in [0.25, 0.3) is 0 Å². The molecule has 0 fully saturated rings. The molecule has 26 heavy (non-hydrogen) atoms. The van der Waals surface area contributed by atoms with Crippen LogP contribution in [0.2, 0.25) is 0 Å². The fourth-order valence-electron chi connectivity index (χ4n) is 2.24. The molecule has 1 aromatic heterocycles. The van der Waals surface area contributed by atoms with Crippen LogP contribution in [0.5, 0.6) is 11.6 Å². The summed E-state index contributed by atoms with van der Waals surface area (Å²) in [5.74, 6) is 1.11. The molecule has 6 heteroatoms. The predicted octanol–water partition coefficient (Wildman–Crippen LogP) is 3.58. The van der Waals surface area contributed by atoms with Crippen molar-refractivity contribution in [2.75, 3.05) is 0 Å². The highest BCUT2D eigenvalue weighted by atomic mass is 16.6. The zero-order chi connectivity index (χ0) is 18.2. The van der Waals surface area contributed by atoms with E-state index in [1.165, 1.54) is 0 Å². The van der Waals surface area contributed by atoms with Gasteiger partial charge >= 0.3 is 0 Å². The molecular formula is C20H16N4O2. The molecule has 0 bridgehead atoms. The fraction of sp³-hybridized carbons (Fsp3) is 0.0500. The molecule has 6 nitrogen and oxygen atoms in total. The molecule has 1 heterocycles. The number of rotatable bonds is 6. The third kappa shape index (κ3) is 4.16. The molecule has 0 radical (unpaired) electrons. The molecule has 3 aromatic rings. The molecule has 2 N–H and O–H groups in total.